The van der Waals surface area contributed by atoms with Crippen LogP contribution in [0.2, 0.25) is 5.02 Å². The summed E-state index contributed by atoms with van der Waals surface area (Å²) in [5.41, 5.74) is 0.668. The van der Waals surface area contributed by atoms with E-state index < -0.39 is 0 Å². The number of amides is 1. The molecular weight excluding hydrogens is 436 g/mol. The van der Waals surface area contributed by atoms with Crippen molar-refractivity contribution in [2.45, 2.75) is 24.7 Å². The Kier molecular flexibility index (Phi) is 7.97. The Morgan fingerprint density at radius 3 is 2.77 bits per heavy atom. The first-order chi connectivity index (χ1) is 15.0. The predicted molar refractivity (Wildman–Crippen MR) is 123 cm³/mol. The molecule has 0 aliphatic heterocycles. The van der Waals surface area contributed by atoms with Crippen LogP contribution in [0.15, 0.2) is 66.3 Å². The lowest BCUT2D eigenvalue weighted by molar-refractivity contribution is -0.113. The van der Waals surface area contributed by atoms with Crippen molar-refractivity contribution in [3.05, 3.63) is 72.0 Å². The molecule has 9 heteroatoms. The minimum Gasteiger partial charge on any atom is -0.497 e. The SMILES string of the molecule is C=CCn1c(SCC(=O)Nc2cccc(OC)c2)nnc1C(C)Oc1cccc(Cl)c1. The number of aromatic nitrogens is 3. The molecule has 1 amide bonds. The topological polar surface area (TPSA) is 78.3 Å². The van der Waals surface area contributed by atoms with Crippen molar-refractivity contribution >= 4 is 35.0 Å². The maximum Gasteiger partial charge on any atom is 0.234 e. The molecule has 162 valence electrons. The van der Waals surface area contributed by atoms with E-state index in [1.54, 1.807) is 37.5 Å². The third-order valence-electron chi connectivity index (χ3n) is 4.22. The van der Waals surface area contributed by atoms with Gasteiger partial charge in [-0.25, -0.2) is 0 Å². The Hall–Kier alpha value is -2.97. The number of benzene rings is 2. The maximum absolute atomic E-state index is 12.4. The van der Waals surface area contributed by atoms with Crippen LogP contribution in [0.4, 0.5) is 5.69 Å². The van der Waals surface area contributed by atoms with Crippen LogP contribution in [-0.2, 0) is 11.3 Å². The number of allylic oxidation sites excluding steroid dienone is 1. The van der Waals surface area contributed by atoms with Crippen molar-refractivity contribution in [1.82, 2.24) is 14.8 Å². The van der Waals surface area contributed by atoms with Crippen LogP contribution < -0.4 is 14.8 Å². The lowest BCUT2D eigenvalue weighted by Gasteiger charge is -2.16. The van der Waals surface area contributed by atoms with Gasteiger partial charge in [-0.05, 0) is 37.3 Å². The van der Waals surface area contributed by atoms with Crippen molar-refractivity contribution in [3.63, 3.8) is 0 Å². The first-order valence-electron chi connectivity index (χ1n) is 9.53. The van der Waals surface area contributed by atoms with E-state index in [-0.39, 0.29) is 17.8 Å². The first kappa shape index (κ1) is 22.7. The molecule has 0 aliphatic rings. The van der Waals surface area contributed by atoms with E-state index in [9.17, 15) is 4.79 Å². The lowest BCUT2D eigenvalue weighted by atomic mass is 10.3. The molecular formula is C22H23ClN4O3S. The van der Waals surface area contributed by atoms with Gasteiger partial charge in [0.1, 0.15) is 11.5 Å². The van der Waals surface area contributed by atoms with Gasteiger partial charge in [0.2, 0.25) is 5.91 Å². The lowest BCUT2D eigenvalue weighted by Crippen LogP contribution is -2.15. The van der Waals surface area contributed by atoms with Gasteiger partial charge in [-0.3, -0.25) is 9.36 Å². The summed E-state index contributed by atoms with van der Waals surface area (Å²) in [6.45, 7) is 6.18. The predicted octanol–water partition coefficient (Wildman–Crippen LogP) is 5.00. The summed E-state index contributed by atoms with van der Waals surface area (Å²) in [6.07, 6.45) is 1.38. The number of anilines is 1. The molecule has 31 heavy (non-hydrogen) atoms. The highest BCUT2D eigenvalue weighted by Gasteiger charge is 2.20. The van der Waals surface area contributed by atoms with Gasteiger partial charge >= 0.3 is 0 Å². The van der Waals surface area contributed by atoms with Gasteiger partial charge in [-0.15, -0.1) is 16.8 Å². The van der Waals surface area contributed by atoms with Crippen LogP contribution in [-0.4, -0.2) is 33.5 Å². The summed E-state index contributed by atoms with van der Waals surface area (Å²) in [4.78, 5) is 12.4. The monoisotopic (exact) mass is 458 g/mol. The second-order valence-corrected chi connectivity index (χ2v) is 7.91. The fraction of sp³-hybridized carbons (Fsp3) is 0.227. The quantitative estimate of drug-likeness (QED) is 0.340. The Labute approximate surface area is 190 Å². The number of carbonyl (C=O) groups excluding carboxylic acids is 1. The number of rotatable bonds is 10. The van der Waals surface area contributed by atoms with E-state index in [0.29, 0.717) is 39.7 Å². The average Bonchev–Trinajstić information content (AvgIpc) is 3.15. The molecule has 3 aromatic rings. The molecule has 1 aromatic heterocycles. The summed E-state index contributed by atoms with van der Waals surface area (Å²) in [6, 6.07) is 14.4. The van der Waals surface area contributed by atoms with Crippen LogP contribution in [0, 0.1) is 0 Å². The summed E-state index contributed by atoms with van der Waals surface area (Å²) in [7, 11) is 1.58. The number of ether oxygens (including phenoxy) is 2. The molecule has 0 radical (unpaired) electrons. The Bertz CT molecular complexity index is 1060. The number of hydrogen-bond donors (Lipinski definition) is 1. The fourth-order valence-electron chi connectivity index (χ4n) is 2.83. The zero-order chi connectivity index (χ0) is 22.2. The second-order valence-electron chi connectivity index (χ2n) is 6.53. The van der Waals surface area contributed by atoms with E-state index in [1.165, 1.54) is 11.8 Å². The van der Waals surface area contributed by atoms with E-state index >= 15 is 0 Å². The number of thioether (sulfide) groups is 1. The van der Waals surface area contributed by atoms with Gasteiger partial charge in [0.05, 0.1) is 12.9 Å². The maximum atomic E-state index is 12.4. The van der Waals surface area contributed by atoms with Crippen LogP contribution in [0.25, 0.3) is 0 Å². The second kappa shape index (κ2) is 10.9. The number of nitrogens with one attached hydrogen (secondary N) is 1. The smallest absolute Gasteiger partial charge is 0.234 e. The van der Waals surface area contributed by atoms with Crippen LogP contribution >= 0.6 is 23.4 Å². The minimum absolute atomic E-state index is 0.156. The van der Waals surface area contributed by atoms with Gasteiger partial charge in [0.15, 0.2) is 17.1 Å². The van der Waals surface area contributed by atoms with E-state index in [0.717, 1.165) is 0 Å². The minimum atomic E-state index is -0.370. The van der Waals surface area contributed by atoms with E-state index in [2.05, 4.69) is 22.1 Å². The third-order valence-corrected chi connectivity index (χ3v) is 5.42. The van der Waals surface area contributed by atoms with Crippen LogP contribution in [0.5, 0.6) is 11.5 Å². The van der Waals surface area contributed by atoms with Crippen LogP contribution in [0.1, 0.15) is 18.9 Å². The van der Waals surface area contributed by atoms with Gasteiger partial charge in [0.25, 0.3) is 0 Å². The molecule has 1 heterocycles. The number of carbonyl (C=O) groups is 1. The molecule has 1 unspecified atom stereocenters. The summed E-state index contributed by atoms with van der Waals surface area (Å²) in [5, 5.41) is 12.6. The number of hydrogen-bond acceptors (Lipinski definition) is 6. The molecule has 3 rings (SSSR count). The molecule has 0 bridgehead atoms. The molecule has 0 saturated heterocycles. The molecule has 2 aromatic carbocycles. The molecule has 0 fully saturated rings. The first-order valence-corrected chi connectivity index (χ1v) is 10.9. The van der Waals surface area contributed by atoms with E-state index in [1.807, 2.05) is 35.8 Å². The molecule has 1 N–H and O–H groups in total. The molecule has 7 nitrogen and oxygen atoms in total. The van der Waals surface area contributed by atoms with Gasteiger partial charge in [-0.1, -0.05) is 41.6 Å². The molecule has 1 atom stereocenters. The standard InChI is InChI=1S/C22H23ClN4O3S/c1-4-11-27-21(15(2)30-19-10-5-7-16(23)12-19)25-26-22(27)31-14-20(28)24-17-8-6-9-18(13-17)29-3/h4-10,12-13,15H,1,11,14H2,2-3H3,(H,24,28). The highest BCUT2D eigenvalue weighted by atomic mass is 35.5. The van der Waals surface area contributed by atoms with Crippen LogP contribution in [0.3, 0.4) is 0 Å². The highest BCUT2D eigenvalue weighted by Crippen LogP contribution is 2.26. The largest absolute Gasteiger partial charge is 0.497 e. The van der Waals surface area contributed by atoms with Gasteiger partial charge in [-0.2, -0.15) is 0 Å². The van der Waals surface area contributed by atoms with Crippen molar-refractivity contribution in [1.29, 1.82) is 0 Å². The highest BCUT2D eigenvalue weighted by molar-refractivity contribution is 7.99. The molecule has 0 saturated carbocycles. The third kappa shape index (κ3) is 6.26. The van der Waals surface area contributed by atoms with E-state index in [4.69, 9.17) is 21.1 Å². The molecule has 0 aliphatic carbocycles. The Morgan fingerprint density at radius 2 is 2.03 bits per heavy atom. The number of nitrogens with zero attached hydrogens (tertiary/aromatic N) is 3. The van der Waals surface area contributed by atoms with Crippen molar-refractivity contribution < 1.29 is 14.3 Å². The summed E-state index contributed by atoms with van der Waals surface area (Å²) >= 11 is 7.32. The Morgan fingerprint density at radius 1 is 1.26 bits per heavy atom. The number of methoxy groups -OCH3 is 1. The molecule has 0 spiro atoms. The number of halogens is 1. The zero-order valence-corrected chi connectivity index (χ0v) is 18.8. The summed E-state index contributed by atoms with van der Waals surface area (Å²) in [5.74, 6) is 1.97. The van der Waals surface area contributed by atoms with Crippen molar-refractivity contribution in [3.8, 4) is 11.5 Å². The van der Waals surface area contributed by atoms with Gasteiger partial charge in [0, 0.05) is 23.3 Å². The normalized spacial score (nSPS) is 11.6. The van der Waals surface area contributed by atoms with Gasteiger partial charge < -0.3 is 14.8 Å². The zero-order valence-electron chi connectivity index (χ0n) is 17.2. The Balaban J connectivity index is 1.66. The summed E-state index contributed by atoms with van der Waals surface area (Å²) < 4.78 is 13.0. The fourth-order valence-corrected chi connectivity index (χ4v) is 3.77. The van der Waals surface area contributed by atoms with Crippen molar-refractivity contribution in [2.24, 2.45) is 0 Å². The van der Waals surface area contributed by atoms with Crippen molar-refractivity contribution in [2.75, 3.05) is 18.2 Å². The average molecular weight is 459 g/mol.